The Morgan fingerprint density at radius 1 is 1.42 bits per heavy atom. The van der Waals surface area contributed by atoms with Crippen molar-refractivity contribution in [1.29, 1.82) is 0 Å². The topological polar surface area (TPSA) is 35.2 Å². The first-order valence-electron chi connectivity index (χ1n) is 3.98. The van der Waals surface area contributed by atoms with Gasteiger partial charge in [0.25, 0.3) is 0 Å². The average molecular weight is 161 g/mol. The van der Waals surface area contributed by atoms with Crippen LogP contribution in [0.15, 0.2) is 24.8 Å². The van der Waals surface area contributed by atoms with Gasteiger partial charge in [-0.2, -0.15) is 0 Å². The molecule has 2 nitrogen and oxygen atoms in total. The molecule has 0 unspecified atom stereocenters. The standard InChI is InChI=1S/C10H11NO/c1-7-4-5-12-10-3-2-8(11)6-9(7)10/h2-3,6H,1,4-5,11H2. The second-order valence-corrected chi connectivity index (χ2v) is 2.96. The van der Waals surface area contributed by atoms with E-state index in [1.54, 1.807) is 0 Å². The predicted octanol–water partition coefficient (Wildman–Crippen LogP) is 2.06. The van der Waals surface area contributed by atoms with Crippen molar-refractivity contribution in [1.82, 2.24) is 0 Å². The second-order valence-electron chi connectivity index (χ2n) is 2.96. The molecule has 12 heavy (non-hydrogen) atoms. The van der Waals surface area contributed by atoms with E-state index >= 15 is 0 Å². The molecule has 0 saturated heterocycles. The van der Waals surface area contributed by atoms with Gasteiger partial charge < -0.3 is 10.5 Å². The Bertz CT molecular complexity index is 331. The van der Waals surface area contributed by atoms with Crippen LogP contribution in [0, 0.1) is 0 Å². The fourth-order valence-electron chi connectivity index (χ4n) is 1.37. The molecule has 0 bridgehead atoms. The smallest absolute Gasteiger partial charge is 0.126 e. The van der Waals surface area contributed by atoms with Gasteiger partial charge in [0, 0.05) is 17.7 Å². The summed E-state index contributed by atoms with van der Waals surface area (Å²) in [6, 6.07) is 5.66. The zero-order chi connectivity index (χ0) is 8.55. The van der Waals surface area contributed by atoms with E-state index in [2.05, 4.69) is 6.58 Å². The molecule has 1 aliphatic rings. The molecule has 0 spiro atoms. The lowest BCUT2D eigenvalue weighted by molar-refractivity contribution is 0.316. The normalized spacial score (nSPS) is 15.2. The Hall–Kier alpha value is -1.44. The maximum absolute atomic E-state index is 5.65. The summed E-state index contributed by atoms with van der Waals surface area (Å²) in [6.45, 7) is 4.69. The number of fused-ring (bicyclic) bond motifs is 1. The molecule has 1 aromatic rings. The monoisotopic (exact) mass is 161 g/mol. The SMILES string of the molecule is C=C1CCOc2ccc(N)cc21. The van der Waals surface area contributed by atoms with Crippen LogP contribution < -0.4 is 10.5 Å². The van der Waals surface area contributed by atoms with E-state index < -0.39 is 0 Å². The van der Waals surface area contributed by atoms with Gasteiger partial charge in [0.1, 0.15) is 5.75 Å². The Morgan fingerprint density at radius 2 is 2.25 bits per heavy atom. The zero-order valence-electron chi connectivity index (χ0n) is 6.84. The summed E-state index contributed by atoms with van der Waals surface area (Å²) < 4.78 is 5.43. The average Bonchev–Trinajstić information content (AvgIpc) is 2.07. The first-order valence-corrected chi connectivity index (χ1v) is 3.98. The van der Waals surface area contributed by atoms with Gasteiger partial charge in [-0.05, 0) is 23.8 Å². The van der Waals surface area contributed by atoms with Crippen LogP contribution in [0.2, 0.25) is 0 Å². The number of hydrogen-bond acceptors (Lipinski definition) is 2. The van der Waals surface area contributed by atoms with Gasteiger partial charge in [-0.3, -0.25) is 0 Å². The maximum Gasteiger partial charge on any atom is 0.126 e. The van der Waals surface area contributed by atoms with Crippen molar-refractivity contribution in [3.05, 3.63) is 30.3 Å². The molecule has 0 atom stereocenters. The molecular weight excluding hydrogens is 150 g/mol. The number of benzene rings is 1. The molecule has 0 aliphatic carbocycles. The van der Waals surface area contributed by atoms with E-state index in [9.17, 15) is 0 Å². The highest BCUT2D eigenvalue weighted by molar-refractivity contribution is 5.72. The first-order chi connectivity index (χ1) is 5.77. The van der Waals surface area contributed by atoms with Crippen LogP contribution >= 0.6 is 0 Å². The zero-order valence-corrected chi connectivity index (χ0v) is 6.84. The summed E-state index contributed by atoms with van der Waals surface area (Å²) in [6.07, 6.45) is 0.899. The molecule has 0 amide bonds. The van der Waals surface area contributed by atoms with Crippen molar-refractivity contribution >= 4 is 11.3 Å². The molecule has 1 aromatic carbocycles. The lowest BCUT2D eigenvalue weighted by Crippen LogP contribution is -2.07. The van der Waals surface area contributed by atoms with Crippen molar-refractivity contribution in [2.45, 2.75) is 6.42 Å². The van der Waals surface area contributed by atoms with Gasteiger partial charge in [0.2, 0.25) is 0 Å². The lowest BCUT2D eigenvalue weighted by Gasteiger charge is -2.19. The summed E-state index contributed by atoms with van der Waals surface area (Å²) in [5, 5.41) is 0. The van der Waals surface area contributed by atoms with Gasteiger partial charge in [0.05, 0.1) is 6.61 Å². The van der Waals surface area contributed by atoms with Crippen LogP contribution in [0.5, 0.6) is 5.75 Å². The Labute approximate surface area is 71.6 Å². The quantitative estimate of drug-likeness (QED) is 0.591. The molecule has 0 radical (unpaired) electrons. The van der Waals surface area contributed by atoms with Gasteiger partial charge in [-0.1, -0.05) is 6.58 Å². The van der Waals surface area contributed by atoms with E-state index in [4.69, 9.17) is 10.5 Å². The minimum atomic E-state index is 0.732. The summed E-state index contributed by atoms with van der Waals surface area (Å²) >= 11 is 0. The highest BCUT2D eigenvalue weighted by Gasteiger charge is 2.12. The summed E-state index contributed by atoms with van der Waals surface area (Å²) in [4.78, 5) is 0. The minimum Gasteiger partial charge on any atom is -0.493 e. The van der Waals surface area contributed by atoms with E-state index in [0.29, 0.717) is 0 Å². The van der Waals surface area contributed by atoms with Gasteiger partial charge in [0.15, 0.2) is 0 Å². The van der Waals surface area contributed by atoms with Crippen molar-refractivity contribution in [2.24, 2.45) is 0 Å². The largest absolute Gasteiger partial charge is 0.493 e. The number of nitrogen functional groups attached to an aromatic ring is 1. The molecule has 1 aliphatic heterocycles. The molecule has 1 heterocycles. The molecule has 2 rings (SSSR count). The summed E-state index contributed by atoms with van der Waals surface area (Å²) in [5.74, 6) is 0.903. The van der Waals surface area contributed by atoms with Crippen molar-refractivity contribution in [2.75, 3.05) is 12.3 Å². The number of anilines is 1. The lowest BCUT2D eigenvalue weighted by atomic mass is 10.0. The highest BCUT2D eigenvalue weighted by atomic mass is 16.5. The van der Waals surface area contributed by atoms with Crippen molar-refractivity contribution < 1.29 is 4.74 Å². The summed E-state index contributed by atoms with van der Waals surface area (Å²) in [5.41, 5.74) is 8.58. The van der Waals surface area contributed by atoms with Crippen LogP contribution in [0.1, 0.15) is 12.0 Å². The van der Waals surface area contributed by atoms with E-state index in [-0.39, 0.29) is 0 Å². The van der Waals surface area contributed by atoms with Gasteiger partial charge in [-0.25, -0.2) is 0 Å². The predicted molar refractivity (Wildman–Crippen MR) is 50.0 cm³/mol. The number of ether oxygens (including phenoxy) is 1. The summed E-state index contributed by atoms with van der Waals surface area (Å²) in [7, 11) is 0. The molecule has 0 fully saturated rings. The molecule has 2 heteroatoms. The van der Waals surface area contributed by atoms with E-state index in [1.807, 2.05) is 18.2 Å². The van der Waals surface area contributed by atoms with E-state index in [0.717, 1.165) is 35.6 Å². The fourth-order valence-corrected chi connectivity index (χ4v) is 1.37. The van der Waals surface area contributed by atoms with Crippen LogP contribution in [0.4, 0.5) is 5.69 Å². The second kappa shape index (κ2) is 2.55. The minimum absolute atomic E-state index is 0.732. The molecule has 62 valence electrons. The van der Waals surface area contributed by atoms with Crippen LogP contribution in [0.3, 0.4) is 0 Å². The van der Waals surface area contributed by atoms with Gasteiger partial charge in [-0.15, -0.1) is 0 Å². The van der Waals surface area contributed by atoms with Crippen LogP contribution in [-0.4, -0.2) is 6.61 Å². The number of hydrogen-bond donors (Lipinski definition) is 1. The highest BCUT2D eigenvalue weighted by Crippen LogP contribution is 2.32. The molecule has 2 N–H and O–H groups in total. The van der Waals surface area contributed by atoms with E-state index in [1.165, 1.54) is 0 Å². The third kappa shape index (κ3) is 1.05. The Balaban J connectivity index is 2.54. The molecule has 0 aromatic heterocycles. The Kier molecular flexibility index (Phi) is 1.54. The number of nitrogens with two attached hydrogens (primary N) is 1. The third-order valence-electron chi connectivity index (χ3n) is 2.05. The first kappa shape index (κ1) is 7.22. The number of rotatable bonds is 0. The van der Waals surface area contributed by atoms with Crippen LogP contribution in [-0.2, 0) is 0 Å². The molecule has 0 saturated carbocycles. The fraction of sp³-hybridized carbons (Fsp3) is 0.200. The molecular formula is C10H11NO. The van der Waals surface area contributed by atoms with Crippen molar-refractivity contribution in [3.63, 3.8) is 0 Å². The van der Waals surface area contributed by atoms with Gasteiger partial charge >= 0.3 is 0 Å². The third-order valence-corrected chi connectivity index (χ3v) is 2.05. The van der Waals surface area contributed by atoms with Crippen molar-refractivity contribution in [3.8, 4) is 5.75 Å². The van der Waals surface area contributed by atoms with Crippen LogP contribution in [0.25, 0.3) is 5.57 Å². The maximum atomic E-state index is 5.65. The Morgan fingerprint density at radius 3 is 3.08 bits per heavy atom.